The molecule has 2 aromatic rings. The quantitative estimate of drug-likeness (QED) is 0.587. The summed E-state index contributed by atoms with van der Waals surface area (Å²) < 4.78 is 0. The van der Waals surface area contributed by atoms with Crippen LogP contribution in [-0.4, -0.2) is 65.9 Å². The third-order valence-corrected chi connectivity index (χ3v) is 3.86. The molecule has 0 spiro atoms. The summed E-state index contributed by atoms with van der Waals surface area (Å²) in [5.41, 5.74) is 2.08. The monoisotopic (exact) mass is 356 g/mol. The molecule has 0 bridgehead atoms. The van der Waals surface area contributed by atoms with Crippen molar-refractivity contribution in [2.45, 2.75) is 19.9 Å². The number of aromatic amines is 1. The Balaban J connectivity index is 2.06. The zero-order chi connectivity index (χ0) is 18.9. The number of likely N-dealkylation sites (N-methyl/N-ethyl adjacent to an activating group) is 1. The van der Waals surface area contributed by atoms with Gasteiger partial charge in [-0.3, -0.25) is 4.79 Å². The maximum Gasteiger partial charge on any atom is 0.243 e. The van der Waals surface area contributed by atoms with Gasteiger partial charge >= 0.3 is 0 Å². The van der Waals surface area contributed by atoms with E-state index in [1.807, 2.05) is 48.5 Å². The molecule has 0 atom stereocenters. The first-order valence-electron chi connectivity index (χ1n) is 8.80. The van der Waals surface area contributed by atoms with E-state index in [-0.39, 0.29) is 12.5 Å². The van der Waals surface area contributed by atoms with Crippen LogP contribution >= 0.6 is 0 Å². The molecule has 0 unspecified atom stereocenters. The maximum atomic E-state index is 11.8. The number of guanidine groups is 1. The lowest BCUT2D eigenvalue weighted by Gasteiger charge is -2.21. The maximum absolute atomic E-state index is 11.8. The highest BCUT2D eigenvalue weighted by atomic mass is 16.2. The number of aromatic nitrogens is 2. The molecule has 7 heteroatoms. The molecule has 1 heterocycles. The van der Waals surface area contributed by atoms with Gasteiger partial charge in [0.2, 0.25) is 5.91 Å². The van der Waals surface area contributed by atoms with Gasteiger partial charge in [-0.25, -0.2) is 9.98 Å². The summed E-state index contributed by atoms with van der Waals surface area (Å²) in [6.45, 7) is 3.58. The van der Waals surface area contributed by atoms with E-state index in [0.717, 1.165) is 30.0 Å². The second kappa shape index (κ2) is 9.60. The van der Waals surface area contributed by atoms with Crippen LogP contribution in [0.4, 0.5) is 0 Å². The van der Waals surface area contributed by atoms with Crippen molar-refractivity contribution in [1.29, 1.82) is 0 Å². The van der Waals surface area contributed by atoms with Gasteiger partial charge in [-0.2, -0.15) is 0 Å². The number of benzene rings is 1. The van der Waals surface area contributed by atoms with Crippen LogP contribution in [0.25, 0.3) is 11.3 Å². The van der Waals surface area contributed by atoms with Gasteiger partial charge in [-0.1, -0.05) is 37.3 Å². The van der Waals surface area contributed by atoms with Crippen LogP contribution in [0.3, 0.4) is 0 Å². The van der Waals surface area contributed by atoms with Crippen LogP contribution in [0.5, 0.6) is 0 Å². The van der Waals surface area contributed by atoms with Gasteiger partial charge in [0.1, 0.15) is 12.4 Å². The molecule has 26 heavy (non-hydrogen) atoms. The smallest absolute Gasteiger partial charge is 0.243 e. The van der Waals surface area contributed by atoms with E-state index in [0.29, 0.717) is 12.5 Å². The summed E-state index contributed by atoms with van der Waals surface area (Å²) in [6.07, 6.45) is 2.82. The van der Waals surface area contributed by atoms with E-state index in [4.69, 9.17) is 0 Å². The van der Waals surface area contributed by atoms with Crippen molar-refractivity contribution in [3.05, 3.63) is 42.4 Å². The summed E-state index contributed by atoms with van der Waals surface area (Å²) in [6, 6.07) is 10.1. The Morgan fingerprint density at radius 1 is 1.23 bits per heavy atom. The molecule has 0 saturated heterocycles. The van der Waals surface area contributed by atoms with Crippen LogP contribution in [-0.2, 0) is 11.3 Å². The molecule has 1 aromatic carbocycles. The molecule has 2 rings (SSSR count). The minimum atomic E-state index is -0.0291. The molecule has 0 saturated carbocycles. The van der Waals surface area contributed by atoms with Gasteiger partial charge in [-0.05, 0) is 12.0 Å². The average molecular weight is 356 g/mol. The minimum absolute atomic E-state index is 0.0291. The Morgan fingerprint density at radius 2 is 1.96 bits per heavy atom. The second-order valence-electron chi connectivity index (χ2n) is 6.32. The number of amides is 1. The van der Waals surface area contributed by atoms with Crippen molar-refractivity contribution in [2.75, 3.05) is 34.2 Å². The SMILES string of the molecule is CCCNC(=NCC(=O)N(C)C)N(C)Cc1ncc(-c2ccccc2)[nH]1. The van der Waals surface area contributed by atoms with E-state index in [1.165, 1.54) is 0 Å². The fourth-order valence-electron chi connectivity index (χ4n) is 2.34. The molecular weight excluding hydrogens is 328 g/mol. The molecule has 1 aromatic heterocycles. The van der Waals surface area contributed by atoms with Crippen molar-refractivity contribution < 1.29 is 4.79 Å². The largest absolute Gasteiger partial charge is 0.356 e. The number of carbonyl (C=O) groups is 1. The lowest BCUT2D eigenvalue weighted by Crippen LogP contribution is -2.40. The second-order valence-corrected chi connectivity index (χ2v) is 6.32. The topological polar surface area (TPSA) is 76.6 Å². The zero-order valence-corrected chi connectivity index (χ0v) is 16.0. The van der Waals surface area contributed by atoms with Gasteiger partial charge in [-0.15, -0.1) is 0 Å². The van der Waals surface area contributed by atoms with Crippen molar-refractivity contribution in [1.82, 2.24) is 25.1 Å². The van der Waals surface area contributed by atoms with Gasteiger partial charge in [0, 0.05) is 27.7 Å². The van der Waals surface area contributed by atoms with E-state index in [9.17, 15) is 4.79 Å². The lowest BCUT2D eigenvalue weighted by molar-refractivity contribution is -0.127. The predicted molar refractivity (Wildman–Crippen MR) is 105 cm³/mol. The molecule has 0 fully saturated rings. The van der Waals surface area contributed by atoms with Crippen molar-refractivity contribution in [2.24, 2.45) is 4.99 Å². The molecule has 0 aliphatic rings. The third kappa shape index (κ3) is 5.61. The third-order valence-electron chi connectivity index (χ3n) is 3.86. The molecule has 0 aliphatic heterocycles. The number of H-pyrrole nitrogens is 1. The van der Waals surface area contributed by atoms with Gasteiger partial charge in [0.25, 0.3) is 0 Å². The number of hydrogen-bond donors (Lipinski definition) is 2. The Kier molecular flexibility index (Phi) is 7.20. The van der Waals surface area contributed by atoms with Gasteiger partial charge in [0.05, 0.1) is 18.4 Å². The Morgan fingerprint density at radius 3 is 2.62 bits per heavy atom. The van der Waals surface area contributed by atoms with Crippen molar-refractivity contribution >= 4 is 11.9 Å². The van der Waals surface area contributed by atoms with Crippen LogP contribution in [0, 0.1) is 0 Å². The van der Waals surface area contributed by atoms with Gasteiger partial charge in [0.15, 0.2) is 5.96 Å². The Hall–Kier alpha value is -2.83. The fraction of sp³-hybridized carbons (Fsp3) is 0.421. The molecule has 140 valence electrons. The minimum Gasteiger partial charge on any atom is -0.356 e. The van der Waals surface area contributed by atoms with E-state index in [2.05, 4.69) is 27.2 Å². The highest BCUT2D eigenvalue weighted by Gasteiger charge is 2.11. The number of imidazole rings is 1. The average Bonchev–Trinajstić information content (AvgIpc) is 3.10. The molecule has 0 radical (unpaired) electrons. The first-order chi connectivity index (χ1) is 12.5. The molecule has 7 nitrogen and oxygen atoms in total. The summed E-state index contributed by atoms with van der Waals surface area (Å²) >= 11 is 0. The summed E-state index contributed by atoms with van der Waals surface area (Å²) in [5.74, 6) is 1.51. The summed E-state index contributed by atoms with van der Waals surface area (Å²) in [4.78, 5) is 27.6. The molecular formula is C19H28N6O. The lowest BCUT2D eigenvalue weighted by atomic mass is 10.2. The molecule has 0 aliphatic carbocycles. The number of carbonyl (C=O) groups excluding carboxylic acids is 1. The van der Waals surface area contributed by atoms with Gasteiger partial charge < -0.3 is 20.1 Å². The summed E-state index contributed by atoms with van der Waals surface area (Å²) in [5, 5.41) is 3.29. The predicted octanol–water partition coefficient (Wildman–Crippen LogP) is 1.95. The number of aliphatic imine (C=N–C) groups is 1. The standard InChI is InChI=1S/C19H28N6O/c1-5-11-20-19(22-13-18(26)24(2)3)25(4)14-17-21-12-16(23-17)15-9-7-6-8-10-15/h6-10,12H,5,11,13-14H2,1-4H3,(H,20,22)(H,21,23). The number of nitrogens with zero attached hydrogens (tertiary/aromatic N) is 4. The van der Waals surface area contributed by atoms with E-state index < -0.39 is 0 Å². The highest BCUT2D eigenvalue weighted by Crippen LogP contribution is 2.16. The van der Waals surface area contributed by atoms with Crippen LogP contribution in [0.1, 0.15) is 19.2 Å². The number of nitrogens with one attached hydrogen (secondary N) is 2. The van der Waals surface area contributed by atoms with E-state index in [1.54, 1.807) is 19.0 Å². The zero-order valence-electron chi connectivity index (χ0n) is 16.0. The fourth-order valence-corrected chi connectivity index (χ4v) is 2.34. The van der Waals surface area contributed by atoms with Crippen molar-refractivity contribution in [3.63, 3.8) is 0 Å². The van der Waals surface area contributed by atoms with Crippen molar-refractivity contribution in [3.8, 4) is 11.3 Å². The molecule has 2 N–H and O–H groups in total. The number of rotatable bonds is 7. The van der Waals surface area contributed by atoms with E-state index >= 15 is 0 Å². The van der Waals surface area contributed by atoms with Crippen LogP contribution < -0.4 is 5.32 Å². The Labute approximate surface area is 155 Å². The number of hydrogen-bond acceptors (Lipinski definition) is 3. The normalized spacial score (nSPS) is 11.3. The first kappa shape index (κ1) is 19.5. The Bertz CT molecular complexity index is 723. The summed E-state index contributed by atoms with van der Waals surface area (Å²) in [7, 11) is 5.40. The van der Waals surface area contributed by atoms with Crippen LogP contribution in [0.15, 0.2) is 41.5 Å². The van der Waals surface area contributed by atoms with Crippen LogP contribution in [0.2, 0.25) is 0 Å². The highest BCUT2D eigenvalue weighted by molar-refractivity contribution is 5.84. The molecule has 1 amide bonds. The first-order valence-corrected chi connectivity index (χ1v) is 8.80.